The SMILES string of the molecule is C/N=C(\[C@@H](Cc1nc(OC)ccc1C)[C@H](O)C(C)C)C(C)(C)C#N. The topological polar surface area (TPSA) is 78.5 Å². The summed E-state index contributed by atoms with van der Waals surface area (Å²) in [6, 6.07) is 6.08. The fourth-order valence-corrected chi connectivity index (χ4v) is 2.89. The fourth-order valence-electron chi connectivity index (χ4n) is 2.89. The van der Waals surface area contributed by atoms with Gasteiger partial charge in [0.25, 0.3) is 0 Å². The smallest absolute Gasteiger partial charge is 0.213 e. The molecule has 0 bridgehead atoms. The highest BCUT2D eigenvalue weighted by Gasteiger charge is 2.36. The standard InChI is InChI=1S/C19H29N3O2/c1-12(2)17(23)14(18(21-6)19(4,5)11-20)10-15-13(3)8-9-16(22-15)24-7/h8-9,12,14,17,23H,10H2,1-7H3/b21-18+/t14-,17+/m0/s1. The van der Waals surface area contributed by atoms with Crippen molar-refractivity contribution in [2.24, 2.45) is 22.2 Å². The quantitative estimate of drug-likeness (QED) is 0.778. The molecule has 5 nitrogen and oxygen atoms in total. The average molecular weight is 331 g/mol. The highest BCUT2D eigenvalue weighted by atomic mass is 16.5. The van der Waals surface area contributed by atoms with Gasteiger partial charge in [-0.2, -0.15) is 5.26 Å². The number of hydrogen-bond acceptors (Lipinski definition) is 5. The molecule has 0 aliphatic heterocycles. The first kappa shape index (κ1) is 20.1. The Morgan fingerprint density at radius 1 is 1.42 bits per heavy atom. The Labute approximate surface area is 145 Å². The van der Waals surface area contributed by atoms with Gasteiger partial charge in [0.15, 0.2) is 0 Å². The number of rotatable bonds is 7. The van der Waals surface area contributed by atoms with Crippen molar-refractivity contribution < 1.29 is 9.84 Å². The third-order valence-electron chi connectivity index (χ3n) is 4.41. The highest BCUT2D eigenvalue weighted by Crippen LogP contribution is 2.30. The van der Waals surface area contributed by atoms with Gasteiger partial charge in [0.1, 0.15) is 0 Å². The van der Waals surface area contributed by atoms with E-state index in [4.69, 9.17) is 4.74 Å². The molecule has 0 fully saturated rings. The van der Waals surface area contributed by atoms with Crippen molar-refractivity contribution in [1.82, 2.24) is 4.98 Å². The lowest BCUT2D eigenvalue weighted by Crippen LogP contribution is -2.41. The summed E-state index contributed by atoms with van der Waals surface area (Å²) in [4.78, 5) is 8.90. The van der Waals surface area contributed by atoms with Crippen molar-refractivity contribution in [1.29, 1.82) is 5.26 Å². The molecule has 1 aromatic rings. The van der Waals surface area contributed by atoms with Crippen molar-refractivity contribution in [2.45, 2.75) is 47.1 Å². The van der Waals surface area contributed by atoms with E-state index in [1.54, 1.807) is 14.2 Å². The average Bonchev–Trinajstić information content (AvgIpc) is 2.55. The number of aliphatic hydroxyl groups is 1. The van der Waals surface area contributed by atoms with Gasteiger partial charge in [-0.05, 0) is 32.3 Å². The molecule has 132 valence electrons. The van der Waals surface area contributed by atoms with Crippen molar-refractivity contribution >= 4 is 5.71 Å². The van der Waals surface area contributed by atoms with E-state index in [2.05, 4.69) is 16.0 Å². The highest BCUT2D eigenvalue weighted by molar-refractivity contribution is 5.94. The second-order valence-electron chi connectivity index (χ2n) is 7.01. The summed E-state index contributed by atoms with van der Waals surface area (Å²) in [6.45, 7) is 9.59. The summed E-state index contributed by atoms with van der Waals surface area (Å²) in [7, 11) is 3.26. The minimum absolute atomic E-state index is 0.0483. The molecule has 0 aliphatic rings. The summed E-state index contributed by atoms with van der Waals surface area (Å²) in [5.41, 5.74) is 1.84. The van der Waals surface area contributed by atoms with Crippen molar-refractivity contribution in [3.8, 4) is 11.9 Å². The van der Waals surface area contributed by atoms with Gasteiger partial charge in [-0.25, -0.2) is 4.98 Å². The Kier molecular flexibility index (Phi) is 6.92. The molecular weight excluding hydrogens is 302 g/mol. The summed E-state index contributed by atoms with van der Waals surface area (Å²) in [5, 5.41) is 20.3. The van der Waals surface area contributed by atoms with E-state index in [1.807, 2.05) is 46.8 Å². The van der Waals surface area contributed by atoms with Crippen LogP contribution in [0, 0.1) is 35.5 Å². The van der Waals surface area contributed by atoms with E-state index >= 15 is 0 Å². The minimum Gasteiger partial charge on any atom is -0.481 e. The van der Waals surface area contributed by atoms with Gasteiger partial charge in [0.05, 0.1) is 24.7 Å². The number of hydrogen-bond donors (Lipinski definition) is 1. The summed E-state index contributed by atoms with van der Waals surface area (Å²) in [6.07, 6.45) is -0.0936. The maximum Gasteiger partial charge on any atom is 0.213 e. The van der Waals surface area contributed by atoms with Crippen LogP contribution in [-0.4, -0.2) is 36.1 Å². The normalized spacial score (nSPS) is 15.1. The molecular formula is C19H29N3O2. The maximum atomic E-state index is 10.8. The Balaban J connectivity index is 3.33. The molecule has 0 saturated carbocycles. The number of nitriles is 1. The van der Waals surface area contributed by atoms with Crippen LogP contribution in [0.25, 0.3) is 0 Å². The second kappa shape index (κ2) is 8.25. The van der Waals surface area contributed by atoms with Crippen molar-refractivity contribution in [3.63, 3.8) is 0 Å². The molecule has 24 heavy (non-hydrogen) atoms. The van der Waals surface area contributed by atoms with Crippen LogP contribution in [0.5, 0.6) is 5.88 Å². The van der Waals surface area contributed by atoms with Crippen LogP contribution >= 0.6 is 0 Å². The first-order valence-electron chi connectivity index (χ1n) is 8.24. The van der Waals surface area contributed by atoms with Crippen LogP contribution in [0.1, 0.15) is 39.0 Å². The number of pyridine rings is 1. The second-order valence-corrected chi connectivity index (χ2v) is 7.01. The zero-order valence-corrected chi connectivity index (χ0v) is 15.8. The first-order valence-corrected chi connectivity index (χ1v) is 8.24. The molecule has 0 unspecified atom stereocenters. The molecule has 5 heteroatoms. The lowest BCUT2D eigenvalue weighted by Gasteiger charge is -2.32. The first-order chi connectivity index (χ1) is 11.2. The molecule has 2 atom stereocenters. The van der Waals surface area contributed by atoms with Crippen LogP contribution in [-0.2, 0) is 6.42 Å². The van der Waals surface area contributed by atoms with Crippen LogP contribution in [0.3, 0.4) is 0 Å². The van der Waals surface area contributed by atoms with Gasteiger partial charge in [-0.15, -0.1) is 0 Å². The number of aliphatic imine (C=N–C) groups is 1. The van der Waals surface area contributed by atoms with E-state index in [9.17, 15) is 10.4 Å². The molecule has 1 heterocycles. The predicted octanol–water partition coefficient (Wildman–Crippen LogP) is 3.19. The lowest BCUT2D eigenvalue weighted by molar-refractivity contribution is 0.0884. The van der Waals surface area contributed by atoms with Gasteiger partial charge in [0, 0.05) is 36.9 Å². The summed E-state index contributed by atoms with van der Waals surface area (Å²) < 4.78 is 5.22. The summed E-state index contributed by atoms with van der Waals surface area (Å²) in [5.74, 6) is 0.318. The van der Waals surface area contributed by atoms with Gasteiger partial charge >= 0.3 is 0 Å². The van der Waals surface area contributed by atoms with Crippen LogP contribution < -0.4 is 4.74 Å². The molecule has 1 rings (SSSR count). The number of methoxy groups -OCH3 is 1. The molecule has 0 saturated heterocycles. The number of aromatic nitrogens is 1. The third kappa shape index (κ3) is 4.55. The minimum atomic E-state index is -0.748. The molecule has 1 aromatic heterocycles. The Hall–Kier alpha value is -1.93. The van der Waals surface area contributed by atoms with E-state index in [1.165, 1.54) is 0 Å². The third-order valence-corrected chi connectivity index (χ3v) is 4.41. The molecule has 0 amide bonds. The van der Waals surface area contributed by atoms with Crippen LogP contribution in [0.15, 0.2) is 17.1 Å². The number of aliphatic hydroxyl groups excluding tert-OH is 1. The Bertz CT molecular complexity index is 630. The fraction of sp³-hybridized carbons (Fsp3) is 0.632. The Morgan fingerprint density at radius 2 is 2.04 bits per heavy atom. The zero-order chi connectivity index (χ0) is 18.5. The van der Waals surface area contributed by atoms with E-state index in [-0.39, 0.29) is 11.8 Å². The predicted molar refractivity (Wildman–Crippen MR) is 96.3 cm³/mol. The lowest BCUT2D eigenvalue weighted by atomic mass is 9.74. The summed E-state index contributed by atoms with van der Waals surface area (Å²) >= 11 is 0. The number of aryl methyl sites for hydroxylation is 1. The molecule has 0 radical (unpaired) electrons. The monoisotopic (exact) mass is 331 g/mol. The molecule has 0 aliphatic carbocycles. The van der Waals surface area contributed by atoms with E-state index in [0.29, 0.717) is 18.0 Å². The van der Waals surface area contributed by atoms with Crippen molar-refractivity contribution in [3.05, 3.63) is 23.4 Å². The van der Waals surface area contributed by atoms with E-state index < -0.39 is 11.5 Å². The largest absolute Gasteiger partial charge is 0.481 e. The molecule has 0 spiro atoms. The number of nitrogens with zero attached hydrogens (tertiary/aromatic N) is 3. The van der Waals surface area contributed by atoms with Gasteiger partial charge < -0.3 is 9.84 Å². The van der Waals surface area contributed by atoms with Gasteiger partial charge in [-0.3, -0.25) is 4.99 Å². The molecule has 1 N–H and O–H groups in total. The van der Waals surface area contributed by atoms with Crippen molar-refractivity contribution in [2.75, 3.05) is 14.2 Å². The van der Waals surface area contributed by atoms with Gasteiger partial charge in [0.2, 0.25) is 5.88 Å². The van der Waals surface area contributed by atoms with Crippen LogP contribution in [0.4, 0.5) is 0 Å². The van der Waals surface area contributed by atoms with Crippen LogP contribution in [0.2, 0.25) is 0 Å². The van der Waals surface area contributed by atoms with E-state index in [0.717, 1.165) is 11.3 Å². The molecule has 0 aromatic carbocycles. The van der Waals surface area contributed by atoms with Gasteiger partial charge in [-0.1, -0.05) is 19.9 Å². The zero-order valence-electron chi connectivity index (χ0n) is 15.8. The number of ether oxygens (including phenoxy) is 1. The Morgan fingerprint density at radius 3 is 2.50 bits per heavy atom. The maximum absolute atomic E-state index is 10.8.